The van der Waals surface area contributed by atoms with E-state index in [1.165, 1.54) is 12.1 Å². The zero-order chi connectivity index (χ0) is 25.4. The van der Waals surface area contributed by atoms with Crippen LogP contribution in [0.2, 0.25) is 0 Å². The largest absolute Gasteiger partial charge is 0.416 e. The lowest BCUT2D eigenvalue weighted by Crippen LogP contribution is -2.39. The maximum Gasteiger partial charge on any atom is 0.416 e. The minimum atomic E-state index is -4.40. The molecule has 0 radical (unpaired) electrons. The van der Waals surface area contributed by atoms with Crippen LogP contribution in [0, 0.1) is 0 Å². The summed E-state index contributed by atoms with van der Waals surface area (Å²) in [5, 5.41) is 9.35. The molecule has 6 nitrogen and oxygen atoms in total. The van der Waals surface area contributed by atoms with Gasteiger partial charge >= 0.3 is 6.18 Å². The highest BCUT2D eigenvalue weighted by Crippen LogP contribution is 2.30. The fourth-order valence-corrected chi connectivity index (χ4v) is 4.39. The van der Waals surface area contributed by atoms with Gasteiger partial charge in [0.15, 0.2) is 0 Å². The predicted molar refractivity (Wildman–Crippen MR) is 132 cm³/mol. The minimum Gasteiger partial charge on any atom is -0.392 e. The number of hydrogen-bond acceptors (Lipinski definition) is 6. The van der Waals surface area contributed by atoms with Gasteiger partial charge in [-0.1, -0.05) is 24.3 Å². The Bertz CT molecular complexity index is 951. The molecule has 2 aromatic carbocycles. The summed E-state index contributed by atoms with van der Waals surface area (Å²) in [7, 11) is 1.74. The van der Waals surface area contributed by atoms with Crippen LogP contribution >= 0.6 is 12.0 Å². The lowest BCUT2D eigenvalue weighted by atomic mass is 10.0. The Morgan fingerprint density at radius 3 is 2.51 bits per heavy atom. The number of alkyl halides is 3. The van der Waals surface area contributed by atoms with E-state index >= 15 is 0 Å². The number of carbonyl (C=O) groups excluding carboxylic acids is 1. The van der Waals surface area contributed by atoms with Gasteiger partial charge in [-0.2, -0.15) is 13.2 Å². The van der Waals surface area contributed by atoms with Crippen LogP contribution in [0.4, 0.5) is 18.9 Å². The maximum absolute atomic E-state index is 13.2. The van der Waals surface area contributed by atoms with Gasteiger partial charge in [-0.25, -0.2) is 4.28 Å². The lowest BCUT2D eigenvalue weighted by molar-refractivity contribution is -0.137. The highest BCUT2D eigenvalue weighted by molar-refractivity contribution is 7.94. The maximum atomic E-state index is 13.2. The number of likely N-dealkylation sites (N-methyl/N-ethyl adjacent to an activating group) is 1. The monoisotopic (exact) mass is 511 g/mol. The molecule has 192 valence electrons. The fraction of sp³-hybridized carbons (Fsp3) is 0.480. The second kappa shape index (κ2) is 12.6. The third-order valence-corrected chi connectivity index (χ3v) is 6.75. The van der Waals surface area contributed by atoms with Crippen LogP contribution in [0.3, 0.4) is 0 Å². The van der Waals surface area contributed by atoms with Crippen LogP contribution in [-0.2, 0) is 21.7 Å². The van der Waals surface area contributed by atoms with Crippen LogP contribution in [-0.4, -0.2) is 59.4 Å². The molecule has 0 aliphatic carbocycles. The zero-order valence-corrected chi connectivity index (χ0v) is 20.7. The number of benzene rings is 2. The van der Waals surface area contributed by atoms with E-state index in [1.54, 1.807) is 18.9 Å². The molecule has 1 saturated heterocycles. The van der Waals surface area contributed by atoms with Gasteiger partial charge in [-0.15, -0.1) is 0 Å². The zero-order valence-electron chi connectivity index (χ0n) is 19.9. The van der Waals surface area contributed by atoms with Crippen molar-refractivity contribution in [2.24, 2.45) is 0 Å². The smallest absolute Gasteiger partial charge is 0.392 e. The molecule has 1 fully saturated rings. The van der Waals surface area contributed by atoms with Gasteiger partial charge in [0, 0.05) is 31.4 Å². The molecule has 3 rings (SSSR count). The Morgan fingerprint density at radius 1 is 1.20 bits per heavy atom. The molecule has 0 bridgehead atoms. The number of anilines is 1. The van der Waals surface area contributed by atoms with Gasteiger partial charge in [0.25, 0.3) is 0 Å². The van der Waals surface area contributed by atoms with Gasteiger partial charge in [-0.05, 0) is 68.2 Å². The fourth-order valence-electron chi connectivity index (χ4n) is 3.97. The molecule has 2 unspecified atom stereocenters. The quantitative estimate of drug-likeness (QED) is 0.254. The van der Waals surface area contributed by atoms with E-state index in [0.29, 0.717) is 17.9 Å². The van der Waals surface area contributed by atoms with E-state index in [1.807, 2.05) is 24.3 Å². The summed E-state index contributed by atoms with van der Waals surface area (Å²) in [6.07, 6.45) is -2.64. The standard InChI is InChI=1S/C25H32F3N3O3S/c1-18(32)17-35-34-29-22-7-5-6-20(15-22)23(16-31-12-3-4-13-31)30(2)24(33)14-19-8-10-21(11-9-19)25(26,27)28/h5-11,15,18,23,29,32H,3-4,12-14,16-17H2,1-2H3. The van der Waals surface area contributed by atoms with Crippen LogP contribution in [0.5, 0.6) is 0 Å². The lowest BCUT2D eigenvalue weighted by Gasteiger charge is -2.32. The molecule has 35 heavy (non-hydrogen) atoms. The van der Waals surface area contributed by atoms with Crippen LogP contribution < -0.4 is 5.48 Å². The molecular weight excluding hydrogens is 479 g/mol. The topological polar surface area (TPSA) is 65.0 Å². The third kappa shape index (κ3) is 8.42. The second-order valence-electron chi connectivity index (χ2n) is 8.84. The summed E-state index contributed by atoms with van der Waals surface area (Å²) >= 11 is 1.11. The van der Waals surface area contributed by atoms with Crippen molar-refractivity contribution in [2.75, 3.05) is 37.9 Å². The molecule has 0 spiro atoms. The Balaban J connectivity index is 1.72. The van der Waals surface area contributed by atoms with Crippen molar-refractivity contribution in [2.45, 2.75) is 44.5 Å². The first kappa shape index (κ1) is 27.3. The Kier molecular flexibility index (Phi) is 9.85. The summed E-state index contributed by atoms with van der Waals surface area (Å²) in [6.45, 7) is 4.27. The van der Waals surface area contributed by atoms with Crippen molar-refractivity contribution >= 4 is 23.6 Å². The van der Waals surface area contributed by atoms with Gasteiger partial charge in [0.2, 0.25) is 5.91 Å². The number of likely N-dealkylation sites (tertiary alicyclic amines) is 1. The summed E-state index contributed by atoms with van der Waals surface area (Å²) < 4.78 is 43.9. The molecule has 2 N–H and O–H groups in total. The molecule has 1 amide bonds. The number of hydrogen-bond donors (Lipinski definition) is 2. The van der Waals surface area contributed by atoms with Gasteiger partial charge in [0.1, 0.15) is 0 Å². The van der Waals surface area contributed by atoms with Crippen molar-refractivity contribution in [3.8, 4) is 0 Å². The third-order valence-electron chi connectivity index (χ3n) is 5.93. The second-order valence-corrected chi connectivity index (χ2v) is 9.58. The Hall–Kier alpha value is -2.27. The molecule has 2 atom stereocenters. The first-order valence-electron chi connectivity index (χ1n) is 11.6. The SMILES string of the molecule is CC(O)CSONc1cccc(C(CN2CCCC2)N(C)C(=O)Cc2ccc(C(F)(F)F)cc2)c1. The van der Waals surface area contributed by atoms with E-state index in [9.17, 15) is 23.1 Å². The molecule has 0 saturated carbocycles. The molecular formula is C25H32F3N3O3S. The van der Waals surface area contributed by atoms with Crippen LogP contribution in [0.15, 0.2) is 48.5 Å². The van der Waals surface area contributed by atoms with Crippen molar-refractivity contribution in [1.82, 2.24) is 9.80 Å². The molecule has 1 aliphatic heterocycles. The van der Waals surface area contributed by atoms with Gasteiger partial charge in [0.05, 0.1) is 29.8 Å². The van der Waals surface area contributed by atoms with Crippen LogP contribution in [0.25, 0.3) is 0 Å². The number of nitrogens with one attached hydrogen (secondary N) is 1. The van der Waals surface area contributed by atoms with E-state index in [2.05, 4.69) is 10.4 Å². The van der Waals surface area contributed by atoms with E-state index < -0.39 is 17.8 Å². The van der Waals surface area contributed by atoms with Crippen molar-refractivity contribution in [3.05, 3.63) is 65.2 Å². The van der Waals surface area contributed by atoms with Crippen molar-refractivity contribution in [3.63, 3.8) is 0 Å². The number of nitrogens with zero attached hydrogens (tertiary/aromatic N) is 2. The first-order chi connectivity index (χ1) is 16.6. The minimum absolute atomic E-state index is 0.0160. The summed E-state index contributed by atoms with van der Waals surface area (Å²) in [4.78, 5) is 17.2. The first-order valence-corrected chi connectivity index (χ1v) is 12.5. The summed E-state index contributed by atoms with van der Waals surface area (Å²) in [6, 6.07) is 12.1. The molecule has 1 heterocycles. The number of rotatable bonds is 11. The summed E-state index contributed by atoms with van der Waals surface area (Å²) in [5.74, 6) is 0.252. The van der Waals surface area contributed by atoms with Crippen LogP contribution in [0.1, 0.15) is 42.5 Å². The van der Waals surface area contributed by atoms with Gasteiger partial charge in [-0.3, -0.25) is 10.3 Å². The Labute approximate surface area is 208 Å². The van der Waals surface area contributed by atoms with Gasteiger partial charge < -0.3 is 14.9 Å². The number of carbonyl (C=O) groups is 1. The van der Waals surface area contributed by atoms with E-state index in [-0.39, 0.29) is 18.4 Å². The summed E-state index contributed by atoms with van der Waals surface area (Å²) in [5.41, 5.74) is 4.31. The average Bonchev–Trinajstić information content (AvgIpc) is 3.33. The molecule has 2 aromatic rings. The molecule has 1 aliphatic rings. The molecule has 10 heteroatoms. The normalized spacial score (nSPS) is 16.2. The number of amides is 1. The van der Waals surface area contributed by atoms with E-state index in [0.717, 1.165) is 61.4 Å². The predicted octanol–water partition coefficient (Wildman–Crippen LogP) is 4.92. The van der Waals surface area contributed by atoms with Crippen molar-refractivity contribution < 1.29 is 27.4 Å². The number of aliphatic hydroxyl groups excluding tert-OH is 1. The van der Waals surface area contributed by atoms with E-state index in [4.69, 9.17) is 4.28 Å². The number of aliphatic hydroxyl groups is 1. The van der Waals surface area contributed by atoms with Crippen molar-refractivity contribution in [1.29, 1.82) is 0 Å². The average molecular weight is 512 g/mol. The highest BCUT2D eigenvalue weighted by atomic mass is 32.2. The Morgan fingerprint density at radius 2 is 1.89 bits per heavy atom. The number of halogens is 3. The highest BCUT2D eigenvalue weighted by Gasteiger charge is 2.30. The molecule has 0 aromatic heterocycles.